The second kappa shape index (κ2) is 5.61. The van der Waals surface area contributed by atoms with Crippen molar-refractivity contribution in [2.75, 3.05) is 0 Å². The number of nitro groups is 1. The van der Waals surface area contributed by atoms with Gasteiger partial charge in [0.25, 0.3) is 5.69 Å². The van der Waals surface area contributed by atoms with E-state index >= 15 is 0 Å². The Balaban J connectivity index is 2.78. The fourth-order valence-electron chi connectivity index (χ4n) is 1.22. The maximum atomic E-state index is 10.6. The predicted molar refractivity (Wildman–Crippen MR) is 67.5 cm³/mol. The van der Waals surface area contributed by atoms with E-state index in [9.17, 15) is 10.1 Å². The molecule has 82 valence electrons. The third-order valence-electron chi connectivity index (χ3n) is 2.04. The highest BCUT2D eigenvalue weighted by Crippen LogP contribution is 2.26. The van der Waals surface area contributed by atoms with Crippen molar-refractivity contribution in [3.63, 3.8) is 0 Å². The lowest BCUT2D eigenvalue weighted by molar-refractivity contribution is -0.385. The van der Waals surface area contributed by atoms with Gasteiger partial charge in [-0.3, -0.25) is 10.1 Å². The fraction of sp³-hybridized carbons (Fsp3) is 0.400. The quantitative estimate of drug-likeness (QED) is 0.472. The number of rotatable bonds is 4. The number of hydrogen-bond acceptors (Lipinski definition) is 2. The predicted octanol–water partition coefficient (Wildman–Crippen LogP) is 4.07. The third kappa shape index (κ3) is 3.91. The van der Waals surface area contributed by atoms with Crippen molar-refractivity contribution in [1.29, 1.82) is 0 Å². The highest BCUT2D eigenvalue weighted by Gasteiger charge is 2.11. The molecule has 0 saturated carbocycles. The number of benzene rings is 1. The molecule has 0 spiro atoms. The van der Waals surface area contributed by atoms with Crippen molar-refractivity contribution < 1.29 is 4.92 Å². The standard InChI is InChI=1S/C10H11Br2NO2/c1-7(11)2-3-8-4-5-10(13(14)15)9(12)6-8/h4-7H,2-3H2,1H3. The second-order valence-electron chi connectivity index (χ2n) is 3.36. The highest BCUT2D eigenvalue weighted by atomic mass is 79.9. The minimum atomic E-state index is -0.388. The van der Waals surface area contributed by atoms with Crippen LogP contribution in [-0.4, -0.2) is 9.75 Å². The van der Waals surface area contributed by atoms with Crippen LogP contribution in [0.15, 0.2) is 22.7 Å². The fourth-order valence-corrected chi connectivity index (χ4v) is 2.02. The van der Waals surface area contributed by atoms with Gasteiger partial charge in [0.1, 0.15) is 0 Å². The number of hydrogen-bond donors (Lipinski definition) is 0. The zero-order valence-electron chi connectivity index (χ0n) is 8.24. The Labute approximate surface area is 105 Å². The number of halogens is 2. The molecule has 1 unspecified atom stereocenters. The molecule has 3 nitrogen and oxygen atoms in total. The van der Waals surface area contributed by atoms with Gasteiger partial charge in [-0.25, -0.2) is 0 Å². The molecule has 0 heterocycles. The maximum absolute atomic E-state index is 10.6. The average molecular weight is 337 g/mol. The Morgan fingerprint density at radius 2 is 2.20 bits per heavy atom. The molecule has 0 fully saturated rings. The molecule has 1 aromatic carbocycles. The lowest BCUT2D eigenvalue weighted by Gasteiger charge is -2.04. The summed E-state index contributed by atoms with van der Waals surface area (Å²) in [7, 11) is 0. The average Bonchev–Trinajstić information content (AvgIpc) is 2.14. The van der Waals surface area contributed by atoms with Gasteiger partial charge in [-0.05, 0) is 40.4 Å². The molecule has 0 aliphatic carbocycles. The number of alkyl halides is 1. The van der Waals surface area contributed by atoms with Crippen LogP contribution in [0.4, 0.5) is 5.69 Å². The van der Waals surface area contributed by atoms with E-state index in [1.165, 1.54) is 6.07 Å². The SMILES string of the molecule is CC(Br)CCc1ccc([N+](=O)[O-])c(Br)c1. The molecule has 0 aromatic heterocycles. The van der Waals surface area contributed by atoms with Gasteiger partial charge in [-0.2, -0.15) is 0 Å². The zero-order chi connectivity index (χ0) is 11.4. The van der Waals surface area contributed by atoms with E-state index in [0.717, 1.165) is 18.4 Å². The first-order valence-corrected chi connectivity index (χ1v) is 6.28. The van der Waals surface area contributed by atoms with Crippen molar-refractivity contribution in [2.45, 2.75) is 24.6 Å². The first-order chi connectivity index (χ1) is 7.00. The Morgan fingerprint density at radius 1 is 1.53 bits per heavy atom. The Morgan fingerprint density at radius 3 is 2.67 bits per heavy atom. The van der Waals surface area contributed by atoms with E-state index in [4.69, 9.17) is 0 Å². The monoisotopic (exact) mass is 335 g/mol. The molecule has 0 saturated heterocycles. The van der Waals surface area contributed by atoms with Crippen LogP contribution in [0.1, 0.15) is 18.9 Å². The van der Waals surface area contributed by atoms with Gasteiger partial charge in [0.05, 0.1) is 9.40 Å². The first kappa shape index (κ1) is 12.6. The van der Waals surface area contributed by atoms with Gasteiger partial charge >= 0.3 is 0 Å². The number of nitrogens with zero attached hydrogens (tertiary/aromatic N) is 1. The second-order valence-corrected chi connectivity index (χ2v) is 5.78. The molecule has 1 atom stereocenters. The smallest absolute Gasteiger partial charge is 0.258 e. The molecule has 15 heavy (non-hydrogen) atoms. The number of aryl methyl sites for hydroxylation is 1. The van der Waals surface area contributed by atoms with Crippen LogP contribution in [0, 0.1) is 10.1 Å². The van der Waals surface area contributed by atoms with Crippen LogP contribution in [0.5, 0.6) is 0 Å². The summed E-state index contributed by atoms with van der Waals surface area (Å²) in [5.41, 5.74) is 1.23. The van der Waals surface area contributed by atoms with Crippen LogP contribution in [0.3, 0.4) is 0 Å². The van der Waals surface area contributed by atoms with Crippen molar-refractivity contribution >= 4 is 37.5 Å². The molecule has 0 amide bonds. The molecular formula is C10H11Br2NO2. The van der Waals surface area contributed by atoms with E-state index in [0.29, 0.717) is 9.30 Å². The van der Waals surface area contributed by atoms with Crippen LogP contribution in [-0.2, 0) is 6.42 Å². The van der Waals surface area contributed by atoms with Crippen LogP contribution < -0.4 is 0 Å². The molecule has 0 aliphatic rings. The summed E-state index contributed by atoms with van der Waals surface area (Å²) in [4.78, 5) is 10.6. The van der Waals surface area contributed by atoms with Crippen LogP contribution >= 0.6 is 31.9 Å². The van der Waals surface area contributed by atoms with E-state index in [2.05, 4.69) is 38.8 Å². The molecule has 1 rings (SSSR count). The Kier molecular flexibility index (Phi) is 4.73. The Bertz CT molecular complexity index is 366. The van der Waals surface area contributed by atoms with Crippen molar-refractivity contribution in [1.82, 2.24) is 0 Å². The van der Waals surface area contributed by atoms with Crippen molar-refractivity contribution in [3.8, 4) is 0 Å². The molecule has 0 aliphatic heterocycles. The summed E-state index contributed by atoms with van der Waals surface area (Å²) in [5, 5.41) is 10.6. The maximum Gasteiger partial charge on any atom is 0.283 e. The van der Waals surface area contributed by atoms with E-state index in [-0.39, 0.29) is 10.6 Å². The summed E-state index contributed by atoms with van der Waals surface area (Å²) in [6, 6.07) is 5.16. The largest absolute Gasteiger partial charge is 0.283 e. The van der Waals surface area contributed by atoms with Gasteiger partial charge in [0, 0.05) is 10.9 Å². The van der Waals surface area contributed by atoms with Gasteiger partial charge in [-0.15, -0.1) is 0 Å². The summed E-state index contributed by atoms with van der Waals surface area (Å²) in [5.74, 6) is 0. The minimum Gasteiger partial charge on any atom is -0.258 e. The third-order valence-corrected chi connectivity index (χ3v) is 3.13. The first-order valence-electron chi connectivity index (χ1n) is 4.57. The topological polar surface area (TPSA) is 43.1 Å². The lowest BCUT2D eigenvalue weighted by atomic mass is 10.1. The van der Waals surface area contributed by atoms with Crippen LogP contribution in [0.25, 0.3) is 0 Å². The summed E-state index contributed by atoms with van der Waals surface area (Å²) in [6.45, 7) is 2.08. The van der Waals surface area contributed by atoms with Crippen LogP contribution in [0.2, 0.25) is 0 Å². The molecule has 5 heteroatoms. The summed E-state index contributed by atoms with van der Waals surface area (Å²) < 4.78 is 0.548. The summed E-state index contributed by atoms with van der Waals surface area (Å²) >= 11 is 6.67. The van der Waals surface area contributed by atoms with Gasteiger partial charge < -0.3 is 0 Å². The van der Waals surface area contributed by atoms with Gasteiger partial charge in [0.2, 0.25) is 0 Å². The molecular weight excluding hydrogens is 326 g/mol. The molecule has 1 aromatic rings. The molecule has 0 N–H and O–H groups in total. The minimum absolute atomic E-state index is 0.116. The molecule has 0 bridgehead atoms. The summed E-state index contributed by atoms with van der Waals surface area (Å²) in [6.07, 6.45) is 1.94. The van der Waals surface area contributed by atoms with E-state index < -0.39 is 0 Å². The van der Waals surface area contributed by atoms with Gasteiger partial charge in [-0.1, -0.05) is 28.9 Å². The molecule has 0 radical (unpaired) electrons. The normalized spacial score (nSPS) is 12.5. The number of nitro benzene ring substituents is 1. The highest BCUT2D eigenvalue weighted by molar-refractivity contribution is 9.10. The van der Waals surface area contributed by atoms with E-state index in [1.807, 2.05) is 6.07 Å². The van der Waals surface area contributed by atoms with E-state index in [1.54, 1.807) is 6.07 Å². The zero-order valence-corrected chi connectivity index (χ0v) is 11.4. The Hall–Kier alpha value is -0.420. The lowest BCUT2D eigenvalue weighted by Crippen LogP contribution is -1.95. The van der Waals surface area contributed by atoms with Gasteiger partial charge in [0.15, 0.2) is 0 Å². The van der Waals surface area contributed by atoms with Crippen molar-refractivity contribution in [3.05, 3.63) is 38.3 Å². The van der Waals surface area contributed by atoms with Crippen molar-refractivity contribution in [2.24, 2.45) is 0 Å².